The minimum atomic E-state index is -0.574. The fraction of sp³-hybridized carbons (Fsp3) is 0.292. The molecular formula is C24H23F2N7O2. The maximum atomic E-state index is 14.1. The van der Waals surface area contributed by atoms with Gasteiger partial charge in [0.25, 0.3) is 5.91 Å². The lowest BCUT2D eigenvalue weighted by atomic mass is 9.95. The van der Waals surface area contributed by atoms with Gasteiger partial charge in [0.1, 0.15) is 0 Å². The molecule has 3 aromatic heterocycles. The first kappa shape index (κ1) is 22.6. The summed E-state index contributed by atoms with van der Waals surface area (Å²) in [5.41, 5.74) is 2.92. The van der Waals surface area contributed by atoms with E-state index >= 15 is 0 Å². The summed E-state index contributed by atoms with van der Waals surface area (Å²) in [6.45, 7) is 2.85. The van der Waals surface area contributed by atoms with Gasteiger partial charge in [-0.3, -0.25) is 24.8 Å². The van der Waals surface area contributed by atoms with Crippen LogP contribution in [0.5, 0.6) is 0 Å². The molecule has 5 rings (SSSR count). The van der Waals surface area contributed by atoms with Crippen molar-refractivity contribution in [2.24, 2.45) is 5.92 Å². The van der Waals surface area contributed by atoms with Crippen molar-refractivity contribution >= 4 is 22.7 Å². The van der Waals surface area contributed by atoms with Crippen LogP contribution >= 0.6 is 0 Å². The zero-order chi connectivity index (χ0) is 24.5. The molecule has 4 heterocycles. The van der Waals surface area contributed by atoms with E-state index < -0.39 is 11.8 Å². The molecule has 1 fully saturated rings. The number of halogens is 2. The zero-order valence-electron chi connectivity index (χ0n) is 18.9. The van der Waals surface area contributed by atoms with Gasteiger partial charge < -0.3 is 10.2 Å². The number of H-pyrrole nitrogens is 2. The molecule has 1 aromatic carbocycles. The number of aromatic nitrogens is 5. The highest BCUT2D eigenvalue weighted by molar-refractivity contribution is 5.93. The van der Waals surface area contributed by atoms with E-state index in [0.29, 0.717) is 53.8 Å². The molecule has 35 heavy (non-hydrogen) atoms. The molecule has 1 aliphatic heterocycles. The van der Waals surface area contributed by atoms with Crippen LogP contribution in [0.4, 0.5) is 8.78 Å². The van der Waals surface area contributed by atoms with Crippen molar-refractivity contribution in [2.45, 2.75) is 26.3 Å². The number of aromatic amines is 2. The largest absolute Gasteiger partial charge is 0.352 e. The topological polar surface area (TPSA) is 120 Å². The van der Waals surface area contributed by atoms with Crippen LogP contribution in [0.1, 0.15) is 34.6 Å². The van der Waals surface area contributed by atoms with Gasteiger partial charge in [-0.25, -0.2) is 4.39 Å². The van der Waals surface area contributed by atoms with Gasteiger partial charge in [0, 0.05) is 36.8 Å². The van der Waals surface area contributed by atoms with Crippen molar-refractivity contribution in [3.05, 3.63) is 65.2 Å². The highest BCUT2D eigenvalue weighted by Gasteiger charge is 2.29. The lowest BCUT2D eigenvalue weighted by molar-refractivity contribution is -0.126. The van der Waals surface area contributed by atoms with Crippen LogP contribution in [-0.4, -0.2) is 55.2 Å². The Bertz CT molecular complexity index is 1410. The van der Waals surface area contributed by atoms with Gasteiger partial charge in [0.05, 0.1) is 22.8 Å². The summed E-state index contributed by atoms with van der Waals surface area (Å²) in [6.07, 6.45) is 2.17. The Labute approximate surface area is 198 Å². The minimum Gasteiger partial charge on any atom is -0.352 e. The molecule has 11 heteroatoms. The highest BCUT2D eigenvalue weighted by Crippen LogP contribution is 2.24. The van der Waals surface area contributed by atoms with E-state index in [4.69, 9.17) is 0 Å². The summed E-state index contributed by atoms with van der Waals surface area (Å²) in [5, 5.41) is 16.2. The van der Waals surface area contributed by atoms with E-state index in [2.05, 4.69) is 30.7 Å². The number of hydrogen-bond donors (Lipinski definition) is 3. The number of carbonyl (C=O) groups excluding carboxylic acids is 2. The maximum absolute atomic E-state index is 14.1. The Morgan fingerprint density at radius 3 is 2.71 bits per heavy atom. The minimum absolute atomic E-state index is 0.101. The summed E-state index contributed by atoms with van der Waals surface area (Å²) in [6, 6.07) is 8.30. The Morgan fingerprint density at radius 1 is 1.11 bits per heavy atom. The Hall–Kier alpha value is -4.15. The van der Waals surface area contributed by atoms with Gasteiger partial charge in [0.15, 0.2) is 11.5 Å². The molecule has 9 nitrogen and oxygen atoms in total. The molecule has 0 atom stereocenters. The number of benzene rings is 1. The first-order valence-corrected chi connectivity index (χ1v) is 11.3. The molecule has 3 N–H and O–H groups in total. The molecule has 0 spiro atoms. The molecule has 1 aliphatic rings. The van der Waals surface area contributed by atoms with Crippen molar-refractivity contribution in [3.63, 3.8) is 0 Å². The van der Waals surface area contributed by atoms with Gasteiger partial charge >= 0.3 is 0 Å². The van der Waals surface area contributed by atoms with Crippen LogP contribution in [0, 0.1) is 24.6 Å². The fourth-order valence-corrected chi connectivity index (χ4v) is 4.30. The number of fused-ring (bicyclic) bond motifs is 1. The molecular weight excluding hydrogens is 456 g/mol. The molecule has 1 saturated heterocycles. The smallest absolute Gasteiger partial charge is 0.274 e. The molecule has 2 amide bonds. The highest BCUT2D eigenvalue weighted by atomic mass is 19.1. The third-order valence-electron chi connectivity index (χ3n) is 6.28. The van der Waals surface area contributed by atoms with E-state index in [9.17, 15) is 18.4 Å². The number of pyridine rings is 1. The van der Waals surface area contributed by atoms with Gasteiger partial charge in [-0.2, -0.15) is 9.49 Å². The Balaban J connectivity index is 1.16. The fourth-order valence-electron chi connectivity index (χ4n) is 4.30. The molecule has 180 valence electrons. The quantitative estimate of drug-likeness (QED) is 0.406. The summed E-state index contributed by atoms with van der Waals surface area (Å²) in [5.74, 6) is -1.67. The van der Waals surface area contributed by atoms with E-state index in [1.54, 1.807) is 36.1 Å². The lowest BCUT2D eigenvalue weighted by Crippen LogP contribution is -2.43. The second-order valence-corrected chi connectivity index (χ2v) is 8.65. The van der Waals surface area contributed by atoms with Gasteiger partial charge in [0.2, 0.25) is 11.9 Å². The first-order chi connectivity index (χ1) is 16.9. The second-order valence-electron chi connectivity index (χ2n) is 8.65. The van der Waals surface area contributed by atoms with Gasteiger partial charge in [-0.1, -0.05) is 6.07 Å². The number of aryl methyl sites for hydroxylation is 1. The van der Waals surface area contributed by atoms with Crippen molar-refractivity contribution in [2.75, 3.05) is 13.1 Å². The zero-order valence-corrected chi connectivity index (χ0v) is 18.9. The van der Waals surface area contributed by atoms with Crippen molar-refractivity contribution < 1.29 is 18.4 Å². The standard InChI is InChI=1S/C24H23F2N7O2/c1-13-8-16(18(25)12-27-13)20-10-21(31-30-20)24(35)33-6-4-15(5-7-33)23(34)28-11-14-2-3-19-17(9-14)22(26)32-29-19/h2-3,8-10,12,15H,4-7,11H2,1H3,(H,28,34)(H,29,32)(H,30,31). The number of piperidine rings is 1. The van der Waals surface area contributed by atoms with Crippen molar-refractivity contribution in [1.82, 2.24) is 35.6 Å². The molecule has 4 aromatic rings. The number of nitrogens with one attached hydrogen (secondary N) is 3. The van der Waals surface area contributed by atoms with E-state index in [1.807, 2.05) is 0 Å². The predicted octanol–water partition coefficient (Wildman–Crippen LogP) is 3.10. The summed E-state index contributed by atoms with van der Waals surface area (Å²) >= 11 is 0. The number of likely N-dealkylation sites (tertiary alicyclic amines) is 1. The van der Waals surface area contributed by atoms with E-state index in [-0.39, 0.29) is 30.0 Å². The molecule has 0 saturated carbocycles. The van der Waals surface area contributed by atoms with Crippen LogP contribution in [-0.2, 0) is 11.3 Å². The predicted molar refractivity (Wildman–Crippen MR) is 123 cm³/mol. The summed E-state index contributed by atoms with van der Waals surface area (Å²) in [4.78, 5) is 31.1. The second kappa shape index (κ2) is 9.24. The van der Waals surface area contributed by atoms with E-state index in [0.717, 1.165) is 11.8 Å². The Morgan fingerprint density at radius 2 is 1.91 bits per heavy atom. The summed E-state index contributed by atoms with van der Waals surface area (Å²) < 4.78 is 27.8. The molecule has 0 bridgehead atoms. The number of carbonyl (C=O) groups is 2. The Kier molecular flexibility index (Phi) is 5.98. The average Bonchev–Trinajstić information content (AvgIpc) is 3.51. The van der Waals surface area contributed by atoms with Crippen LogP contribution in [0.25, 0.3) is 22.2 Å². The number of rotatable bonds is 5. The van der Waals surface area contributed by atoms with Crippen LogP contribution in [0.3, 0.4) is 0 Å². The normalized spacial score (nSPS) is 14.4. The number of hydrogen-bond acceptors (Lipinski definition) is 5. The van der Waals surface area contributed by atoms with Crippen LogP contribution in [0.15, 0.2) is 36.5 Å². The third kappa shape index (κ3) is 4.61. The van der Waals surface area contributed by atoms with Gasteiger partial charge in [-0.05, 0) is 49.6 Å². The maximum Gasteiger partial charge on any atom is 0.274 e. The number of amides is 2. The average molecular weight is 479 g/mol. The third-order valence-corrected chi connectivity index (χ3v) is 6.28. The van der Waals surface area contributed by atoms with Crippen LogP contribution in [0.2, 0.25) is 0 Å². The summed E-state index contributed by atoms with van der Waals surface area (Å²) in [7, 11) is 0. The lowest BCUT2D eigenvalue weighted by Gasteiger charge is -2.30. The first-order valence-electron chi connectivity index (χ1n) is 11.3. The number of nitrogens with zero attached hydrogens (tertiary/aromatic N) is 4. The molecule has 0 aliphatic carbocycles. The SMILES string of the molecule is Cc1cc(-c2cc(C(=O)N3CCC(C(=O)NCc4ccc5[nH]nc(F)c5c4)CC3)n[nH]2)c(F)cn1. The van der Waals surface area contributed by atoms with Crippen molar-refractivity contribution in [3.8, 4) is 11.3 Å². The van der Waals surface area contributed by atoms with Gasteiger partial charge in [-0.15, -0.1) is 5.10 Å². The molecule has 0 radical (unpaired) electrons. The van der Waals surface area contributed by atoms with E-state index in [1.165, 1.54) is 6.07 Å². The van der Waals surface area contributed by atoms with Crippen molar-refractivity contribution in [1.29, 1.82) is 0 Å². The molecule has 0 unspecified atom stereocenters. The van der Waals surface area contributed by atoms with Crippen LogP contribution < -0.4 is 5.32 Å². The monoisotopic (exact) mass is 479 g/mol.